The number of rotatable bonds is 13. The van der Waals surface area contributed by atoms with Gasteiger partial charge in [-0.1, -0.05) is 6.07 Å². The molecule has 0 saturated heterocycles. The molecule has 0 saturated carbocycles. The van der Waals surface area contributed by atoms with Gasteiger partial charge in [0.05, 0.1) is 26.6 Å². The third-order valence-electron chi connectivity index (χ3n) is 4.26. The van der Waals surface area contributed by atoms with Gasteiger partial charge in [-0.25, -0.2) is 0 Å². The molecule has 0 aliphatic rings. The van der Waals surface area contributed by atoms with Crippen LogP contribution < -0.4 is 20.1 Å². The van der Waals surface area contributed by atoms with E-state index in [0.717, 1.165) is 55.6 Å². The molecule has 2 aromatic rings. The maximum atomic E-state index is 5.65. The van der Waals surface area contributed by atoms with E-state index in [0.29, 0.717) is 19.8 Å². The van der Waals surface area contributed by atoms with Gasteiger partial charge >= 0.3 is 0 Å². The molecule has 1 aromatic heterocycles. The Balaban J connectivity index is 1.82. The molecule has 0 spiro atoms. The highest BCUT2D eigenvalue weighted by Crippen LogP contribution is 2.28. The molecule has 0 aliphatic carbocycles. The quantitative estimate of drug-likeness (QED) is 0.304. The van der Waals surface area contributed by atoms with Crippen molar-refractivity contribution in [2.45, 2.75) is 26.2 Å². The molecule has 0 atom stereocenters. The summed E-state index contributed by atoms with van der Waals surface area (Å²) in [4.78, 5) is 4.67. The van der Waals surface area contributed by atoms with E-state index in [9.17, 15) is 0 Å². The normalized spacial score (nSPS) is 11.3. The Bertz CT molecular complexity index is 717. The number of ether oxygens (including phenoxy) is 3. The van der Waals surface area contributed by atoms with Crippen molar-refractivity contribution < 1.29 is 18.6 Å². The first-order valence-corrected chi connectivity index (χ1v) is 10.1. The number of furan rings is 1. The summed E-state index contributed by atoms with van der Waals surface area (Å²) in [7, 11) is 3.34. The average molecular weight is 404 g/mol. The van der Waals surface area contributed by atoms with Crippen molar-refractivity contribution in [2.24, 2.45) is 4.99 Å². The highest BCUT2D eigenvalue weighted by Gasteiger charge is 2.05. The third-order valence-corrected chi connectivity index (χ3v) is 4.26. The topological polar surface area (TPSA) is 77.2 Å². The lowest BCUT2D eigenvalue weighted by Gasteiger charge is -2.12. The summed E-state index contributed by atoms with van der Waals surface area (Å²) in [5, 5.41) is 6.63. The Morgan fingerprint density at radius 3 is 2.66 bits per heavy atom. The monoisotopic (exact) mass is 403 g/mol. The Morgan fingerprint density at radius 1 is 1.07 bits per heavy atom. The number of guanidine groups is 1. The number of nitrogens with one attached hydrogen (secondary N) is 2. The number of methoxy groups -OCH3 is 2. The van der Waals surface area contributed by atoms with Gasteiger partial charge in [-0.15, -0.1) is 0 Å². The van der Waals surface area contributed by atoms with Gasteiger partial charge in [0.1, 0.15) is 5.76 Å². The highest BCUT2D eigenvalue weighted by atomic mass is 16.5. The fourth-order valence-corrected chi connectivity index (χ4v) is 2.82. The van der Waals surface area contributed by atoms with Crippen molar-refractivity contribution in [3.05, 3.63) is 47.9 Å². The van der Waals surface area contributed by atoms with Crippen molar-refractivity contribution in [3.8, 4) is 11.5 Å². The standard InChI is InChI=1S/C22H33N3O4/c1-4-28-21-17-18(9-10-20(21)27-3)7-5-12-23-22(25-14-16-26-2)24-13-11-19-8-6-15-29-19/h6,8-10,15,17H,4-5,7,11-14,16H2,1-3H3,(H2,23,24,25). The summed E-state index contributed by atoms with van der Waals surface area (Å²) in [5.41, 5.74) is 1.21. The number of nitrogens with zero attached hydrogens (tertiary/aromatic N) is 1. The van der Waals surface area contributed by atoms with Crippen LogP contribution in [0.3, 0.4) is 0 Å². The first-order valence-electron chi connectivity index (χ1n) is 10.1. The van der Waals surface area contributed by atoms with E-state index in [1.54, 1.807) is 20.5 Å². The molecule has 0 fully saturated rings. The van der Waals surface area contributed by atoms with Crippen LogP contribution in [0.5, 0.6) is 11.5 Å². The van der Waals surface area contributed by atoms with Gasteiger partial charge in [0, 0.05) is 33.2 Å². The average Bonchev–Trinajstić information content (AvgIpc) is 3.25. The zero-order valence-corrected chi connectivity index (χ0v) is 17.7. The molecule has 0 unspecified atom stereocenters. The van der Waals surface area contributed by atoms with Crippen LogP contribution in [0.15, 0.2) is 46.0 Å². The van der Waals surface area contributed by atoms with Crippen LogP contribution in [0.1, 0.15) is 24.7 Å². The largest absolute Gasteiger partial charge is 0.493 e. The summed E-state index contributed by atoms with van der Waals surface area (Å²) < 4.78 is 21.5. The van der Waals surface area contributed by atoms with E-state index in [4.69, 9.17) is 18.6 Å². The van der Waals surface area contributed by atoms with Gasteiger partial charge in [0.2, 0.25) is 0 Å². The minimum absolute atomic E-state index is 0.615. The van der Waals surface area contributed by atoms with Crippen LogP contribution in [0.4, 0.5) is 0 Å². The minimum Gasteiger partial charge on any atom is -0.493 e. The van der Waals surface area contributed by atoms with E-state index < -0.39 is 0 Å². The van der Waals surface area contributed by atoms with E-state index in [-0.39, 0.29) is 0 Å². The highest BCUT2D eigenvalue weighted by molar-refractivity contribution is 5.79. The van der Waals surface area contributed by atoms with Crippen LogP contribution in [0.25, 0.3) is 0 Å². The molecule has 160 valence electrons. The first kappa shape index (κ1) is 22.6. The molecular formula is C22H33N3O4. The van der Waals surface area contributed by atoms with Crippen molar-refractivity contribution in [3.63, 3.8) is 0 Å². The molecule has 0 bridgehead atoms. The molecule has 0 radical (unpaired) electrons. The summed E-state index contributed by atoms with van der Waals surface area (Å²) in [6.07, 6.45) is 4.36. The van der Waals surface area contributed by atoms with Gasteiger partial charge in [-0.3, -0.25) is 4.99 Å². The lowest BCUT2D eigenvalue weighted by Crippen LogP contribution is -2.40. The van der Waals surface area contributed by atoms with E-state index >= 15 is 0 Å². The fraction of sp³-hybridized carbons (Fsp3) is 0.500. The maximum absolute atomic E-state index is 5.65. The fourth-order valence-electron chi connectivity index (χ4n) is 2.82. The predicted octanol–water partition coefficient (Wildman–Crippen LogP) is 3.04. The van der Waals surface area contributed by atoms with Gasteiger partial charge in [-0.05, 0) is 49.6 Å². The molecule has 0 amide bonds. The van der Waals surface area contributed by atoms with Crippen LogP contribution in [0.2, 0.25) is 0 Å². The summed E-state index contributed by atoms with van der Waals surface area (Å²) in [6.45, 7) is 5.40. The molecule has 0 aliphatic heterocycles. The predicted molar refractivity (Wildman–Crippen MR) is 115 cm³/mol. The van der Waals surface area contributed by atoms with Gasteiger partial charge in [-0.2, -0.15) is 0 Å². The molecule has 1 aromatic carbocycles. The van der Waals surface area contributed by atoms with Crippen LogP contribution in [-0.4, -0.2) is 53.0 Å². The summed E-state index contributed by atoms with van der Waals surface area (Å²) in [6, 6.07) is 9.95. The molecule has 7 nitrogen and oxygen atoms in total. The molecular weight excluding hydrogens is 370 g/mol. The Kier molecular flexibility index (Phi) is 10.5. The van der Waals surface area contributed by atoms with E-state index in [2.05, 4.69) is 21.7 Å². The van der Waals surface area contributed by atoms with Crippen molar-refractivity contribution in [1.82, 2.24) is 10.6 Å². The lowest BCUT2D eigenvalue weighted by molar-refractivity contribution is 0.203. The van der Waals surface area contributed by atoms with Crippen LogP contribution in [-0.2, 0) is 17.6 Å². The summed E-state index contributed by atoms with van der Waals surface area (Å²) in [5.74, 6) is 3.30. The second-order valence-electron chi connectivity index (χ2n) is 6.43. The van der Waals surface area contributed by atoms with Crippen LogP contribution in [0, 0.1) is 0 Å². The number of aliphatic imine (C=N–C) groups is 1. The zero-order valence-electron chi connectivity index (χ0n) is 17.7. The van der Waals surface area contributed by atoms with E-state index in [1.165, 1.54) is 5.56 Å². The number of hydrogen-bond donors (Lipinski definition) is 2. The summed E-state index contributed by atoms with van der Waals surface area (Å²) >= 11 is 0. The minimum atomic E-state index is 0.615. The SMILES string of the molecule is CCOc1cc(CCCN=C(NCCOC)NCCc2ccco2)ccc1OC. The molecule has 1 heterocycles. The van der Waals surface area contributed by atoms with Crippen molar-refractivity contribution >= 4 is 5.96 Å². The second-order valence-corrected chi connectivity index (χ2v) is 6.43. The van der Waals surface area contributed by atoms with E-state index in [1.807, 2.05) is 31.2 Å². The lowest BCUT2D eigenvalue weighted by atomic mass is 10.1. The Hall–Kier alpha value is -2.67. The molecule has 2 rings (SSSR count). The molecule has 29 heavy (non-hydrogen) atoms. The number of hydrogen-bond acceptors (Lipinski definition) is 5. The molecule has 7 heteroatoms. The van der Waals surface area contributed by atoms with Crippen molar-refractivity contribution in [1.29, 1.82) is 0 Å². The van der Waals surface area contributed by atoms with Gasteiger partial charge in [0.15, 0.2) is 17.5 Å². The maximum Gasteiger partial charge on any atom is 0.191 e. The number of benzene rings is 1. The van der Waals surface area contributed by atoms with Crippen molar-refractivity contribution in [2.75, 3.05) is 47.1 Å². The Labute approximate surface area is 173 Å². The third kappa shape index (κ3) is 8.48. The van der Waals surface area contributed by atoms with Crippen LogP contribution >= 0.6 is 0 Å². The number of aryl methyl sites for hydroxylation is 1. The van der Waals surface area contributed by atoms with Gasteiger partial charge < -0.3 is 29.3 Å². The second kappa shape index (κ2) is 13.5. The van der Waals surface area contributed by atoms with Gasteiger partial charge in [0.25, 0.3) is 0 Å². The molecule has 2 N–H and O–H groups in total. The first-order chi connectivity index (χ1) is 14.3. The smallest absolute Gasteiger partial charge is 0.191 e. The Morgan fingerprint density at radius 2 is 1.93 bits per heavy atom. The zero-order chi connectivity index (χ0) is 20.7.